The molecule has 0 atom stereocenters. The molecule has 4 N–H and O–H groups in total. The Hall–Kier alpha value is -4.02. The monoisotopic (exact) mass is 520 g/mol. The first kappa shape index (κ1) is 24.7. The molecule has 0 aromatic heterocycles. The van der Waals surface area contributed by atoms with E-state index in [1.54, 1.807) is 24.3 Å². The molecule has 1 saturated carbocycles. The maximum atomic E-state index is 13.9. The van der Waals surface area contributed by atoms with Gasteiger partial charge in [0.05, 0.1) is 33.6 Å². The molecule has 9 nitrogen and oxygen atoms in total. The SMILES string of the molecule is O=C(O)c1ccccc1Nc1ccc(NC2CCCCC2)c2c1C(=O)c1c(cccc1S(=O)(=O)O)C2=O. The third-order valence-corrected chi connectivity index (χ3v) is 7.72. The molecule has 2 aliphatic rings. The van der Waals surface area contributed by atoms with Gasteiger partial charge in [-0.1, -0.05) is 43.5 Å². The highest BCUT2D eigenvalue weighted by Crippen LogP contribution is 2.40. The predicted molar refractivity (Wildman–Crippen MR) is 137 cm³/mol. The molecule has 2 aliphatic carbocycles. The van der Waals surface area contributed by atoms with E-state index in [9.17, 15) is 32.5 Å². The van der Waals surface area contributed by atoms with Gasteiger partial charge in [-0.15, -0.1) is 0 Å². The van der Waals surface area contributed by atoms with Crippen molar-refractivity contribution < 1.29 is 32.5 Å². The number of carboxylic acid groups (broad SMARTS) is 1. The topological polar surface area (TPSA) is 150 Å². The minimum atomic E-state index is -4.81. The van der Waals surface area contributed by atoms with Gasteiger partial charge in [-0.3, -0.25) is 14.1 Å². The number of anilines is 3. The highest BCUT2D eigenvalue weighted by molar-refractivity contribution is 7.86. The highest BCUT2D eigenvalue weighted by atomic mass is 32.2. The molecule has 5 rings (SSSR count). The van der Waals surface area contributed by atoms with E-state index in [0.29, 0.717) is 5.69 Å². The van der Waals surface area contributed by atoms with Crippen LogP contribution in [-0.2, 0) is 10.1 Å². The summed E-state index contributed by atoms with van der Waals surface area (Å²) in [6.07, 6.45) is 5.03. The van der Waals surface area contributed by atoms with Crippen molar-refractivity contribution in [2.24, 2.45) is 0 Å². The van der Waals surface area contributed by atoms with Gasteiger partial charge in [0.25, 0.3) is 10.1 Å². The lowest BCUT2D eigenvalue weighted by molar-refractivity contribution is 0.0697. The van der Waals surface area contributed by atoms with Gasteiger partial charge in [0.15, 0.2) is 11.6 Å². The quantitative estimate of drug-likeness (QED) is 0.260. The first-order valence-corrected chi connectivity index (χ1v) is 13.3. The third-order valence-electron chi connectivity index (χ3n) is 6.83. The number of nitrogens with one attached hydrogen (secondary N) is 2. The molecular weight excluding hydrogens is 496 g/mol. The number of carboxylic acids is 1. The molecule has 0 amide bonds. The molecule has 190 valence electrons. The van der Waals surface area contributed by atoms with Crippen molar-refractivity contribution in [3.63, 3.8) is 0 Å². The summed E-state index contributed by atoms with van der Waals surface area (Å²) >= 11 is 0. The van der Waals surface area contributed by atoms with Crippen LogP contribution < -0.4 is 10.6 Å². The second kappa shape index (κ2) is 9.45. The van der Waals surface area contributed by atoms with E-state index in [4.69, 9.17) is 0 Å². The van der Waals surface area contributed by atoms with Gasteiger partial charge in [-0.05, 0) is 43.2 Å². The lowest BCUT2D eigenvalue weighted by Gasteiger charge is -2.28. The molecule has 0 bridgehead atoms. The van der Waals surface area contributed by atoms with Crippen LogP contribution in [0, 0.1) is 0 Å². The van der Waals surface area contributed by atoms with E-state index in [-0.39, 0.29) is 39.7 Å². The van der Waals surface area contributed by atoms with Gasteiger partial charge in [0.2, 0.25) is 0 Å². The van der Waals surface area contributed by atoms with Gasteiger partial charge < -0.3 is 15.7 Å². The van der Waals surface area contributed by atoms with Crippen LogP contribution in [0.1, 0.15) is 74.3 Å². The van der Waals surface area contributed by atoms with Crippen molar-refractivity contribution in [2.45, 2.75) is 43.0 Å². The summed E-state index contributed by atoms with van der Waals surface area (Å²) in [5.74, 6) is -2.52. The van der Waals surface area contributed by atoms with Crippen molar-refractivity contribution in [3.05, 3.63) is 82.4 Å². The van der Waals surface area contributed by atoms with E-state index in [0.717, 1.165) is 38.2 Å². The van der Waals surface area contributed by atoms with Gasteiger partial charge in [-0.2, -0.15) is 8.42 Å². The summed E-state index contributed by atoms with van der Waals surface area (Å²) in [7, 11) is -4.81. The van der Waals surface area contributed by atoms with E-state index < -0.39 is 38.1 Å². The highest BCUT2D eigenvalue weighted by Gasteiger charge is 2.38. The van der Waals surface area contributed by atoms with Gasteiger partial charge in [0.1, 0.15) is 4.90 Å². The Morgan fingerprint density at radius 3 is 2.16 bits per heavy atom. The van der Waals surface area contributed by atoms with Crippen molar-refractivity contribution >= 4 is 44.7 Å². The summed E-state index contributed by atoms with van der Waals surface area (Å²) in [6, 6.07) is 13.2. The molecule has 0 radical (unpaired) electrons. The molecule has 0 unspecified atom stereocenters. The number of fused-ring (bicyclic) bond motifs is 2. The van der Waals surface area contributed by atoms with Crippen molar-refractivity contribution in [2.75, 3.05) is 10.6 Å². The fourth-order valence-electron chi connectivity index (χ4n) is 5.12. The number of carbonyl (C=O) groups is 3. The number of aromatic carboxylic acids is 1. The molecule has 3 aromatic rings. The largest absolute Gasteiger partial charge is 0.478 e. The maximum Gasteiger partial charge on any atom is 0.337 e. The van der Waals surface area contributed by atoms with Crippen LogP contribution in [0.15, 0.2) is 59.5 Å². The molecule has 3 aromatic carbocycles. The Balaban J connectivity index is 1.71. The average Bonchev–Trinajstić information content (AvgIpc) is 2.88. The average molecular weight is 521 g/mol. The predicted octanol–water partition coefficient (Wildman–Crippen LogP) is 4.90. The first-order valence-electron chi connectivity index (χ1n) is 11.9. The number of benzene rings is 3. The number of hydrogen-bond acceptors (Lipinski definition) is 7. The number of rotatable bonds is 6. The van der Waals surface area contributed by atoms with E-state index in [1.807, 2.05) is 0 Å². The zero-order valence-corrected chi connectivity index (χ0v) is 20.5. The number of hydrogen-bond donors (Lipinski definition) is 4. The molecule has 0 aliphatic heterocycles. The molecule has 0 saturated heterocycles. The Morgan fingerprint density at radius 1 is 0.784 bits per heavy atom. The fraction of sp³-hybridized carbons (Fsp3) is 0.222. The summed E-state index contributed by atoms with van der Waals surface area (Å²) in [5.41, 5.74) is 0.193. The van der Waals surface area contributed by atoms with Crippen LogP contribution >= 0.6 is 0 Å². The summed E-state index contributed by atoms with van der Waals surface area (Å²) in [4.78, 5) is 38.8. The van der Waals surface area contributed by atoms with E-state index >= 15 is 0 Å². The molecule has 0 spiro atoms. The minimum absolute atomic E-state index is 0.0470. The lowest BCUT2D eigenvalue weighted by atomic mass is 9.81. The van der Waals surface area contributed by atoms with Crippen LogP contribution in [0.5, 0.6) is 0 Å². The Morgan fingerprint density at radius 2 is 1.46 bits per heavy atom. The van der Waals surface area contributed by atoms with E-state index in [2.05, 4.69) is 10.6 Å². The molecule has 10 heteroatoms. The molecule has 37 heavy (non-hydrogen) atoms. The zero-order valence-electron chi connectivity index (χ0n) is 19.7. The van der Waals surface area contributed by atoms with Crippen molar-refractivity contribution in [1.29, 1.82) is 0 Å². The van der Waals surface area contributed by atoms with Gasteiger partial charge in [0, 0.05) is 17.3 Å². The number of carbonyl (C=O) groups excluding carboxylic acids is 2. The van der Waals surface area contributed by atoms with Crippen LogP contribution in [0.25, 0.3) is 0 Å². The standard InChI is InChI=1S/C27H24N2O7S/c30-25-17-10-6-12-21(37(34,35)36)22(17)26(31)24-20(29-18-11-5-4-9-16(18)27(32)33)14-13-19(23(24)25)28-15-7-2-1-3-8-15/h4-6,9-15,28-29H,1-3,7-8H2,(H,32,33)(H,34,35,36). The van der Waals surface area contributed by atoms with Crippen LogP contribution in [0.4, 0.5) is 17.1 Å². The zero-order chi connectivity index (χ0) is 26.3. The van der Waals surface area contributed by atoms with E-state index in [1.165, 1.54) is 24.3 Å². The lowest BCUT2D eigenvalue weighted by Crippen LogP contribution is -2.28. The third kappa shape index (κ3) is 4.49. The summed E-state index contributed by atoms with van der Waals surface area (Å²) in [6.45, 7) is 0. The Bertz CT molecular complexity index is 1560. The maximum absolute atomic E-state index is 13.9. The normalized spacial score (nSPS) is 15.6. The molecule has 0 heterocycles. The smallest absolute Gasteiger partial charge is 0.337 e. The van der Waals surface area contributed by atoms with Crippen molar-refractivity contribution in [1.82, 2.24) is 0 Å². The Kier molecular flexibility index (Phi) is 6.30. The summed E-state index contributed by atoms with van der Waals surface area (Å²) < 4.78 is 34.0. The van der Waals surface area contributed by atoms with Gasteiger partial charge in [-0.25, -0.2) is 4.79 Å². The van der Waals surface area contributed by atoms with Gasteiger partial charge >= 0.3 is 5.97 Å². The number of ketones is 2. The first-order chi connectivity index (χ1) is 17.7. The van der Waals surface area contributed by atoms with Crippen LogP contribution in [0.2, 0.25) is 0 Å². The fourth-order valence-corrected chi connectivity index (χ4v) is 5.83. The second-order valence-corrected chi connectivity index (χ2v) is 10.6. The Labute approximate surface area is 213 Å². The van der Waals surface area contributed by atoms with Crippen LogP contribution in [-0.4, -0.2) is 41.7 Å². The second-order valence-electron chi connectivity index (χ2n) is 9.18. The minimum Gasteiger partial charge on any atom is -0.478 e. The summed E-state index contributed by atoms with van der Waals surface area (Å²) in [5, 5.41) is 15.9. The van der Waals surface area contributed by atoms with Crippen molar-refractivity contribution in [3.8, 4) is 0 Å². The number of para-hydroxylation sites is 1. The molecular formula is C27H24N2O7S. The molecule has 1 fully saturated rings. The van der Waals surface area contributed by atoms with Crippen LogP contribution in [0.3, 0.4) is 0 Å².